The number of amidine groups is 1. The van der Waals surface area contributed by atoms with Crippen molar-refractivity contribution < 1.29 is 18.9 Å². The van der Waals surface area contributed by atoms with Gasteiger partial charge >= 0.3 is 0 Å². The van der Waals surface area contributed by atoms with Crippen LogP contribution in [0.1, 0.15) is 25.5 Å². The molecule has 2 aromatic rings. The van der Waals surface area contributed by atoms with Gasteiger partial charge in [-0.2, -0.15) is 0 Å². The number of aliphatic imine (C=N–C) groups is 1. The Morgan fingerprint density at radius 2 is 1.90 bits per heavy atom. The number of aromatic nitrogens is 1. The molecule has 2 aliphatic rings. The Morgan fingerprint density at radius 1 is 1.19 bits per heavy atom. The van der Waals surface area contributed by atoms with Crippen LogP contribution in [0, 0.1) is 12.8 Å². The molecular weight excluding hydrogens is 400 g/mol. The van der Waals surface area contributed by atoms with Crippen molar-refractivity contribution in [3.05, 3.63) is 42.2 Å². The van der Waals surface area contributed by atoms with Crippen LogP contribution >= 0.6 is 0 Å². The number of carbonyl (C=O) groups excluding carboxylic acids is 3. The van der Waals surface area contributed by atoms with Crippen molar-refractivity contribution >= 4 is 35.1 Å². The summed E-state index contributed by atoms with van der Waals surface area (Å²) in [4.78, 5) is 43.9. The number of hydrogen-bond acceptors (Lipinski definition) is 7. The van der Waals surface area contributed by atoms with E-state index in [4.69, 9.17) is 4.52 Å². The molecule has 3 amide bonds. The molecule has 2 N–H and O–H groups in total. The third kappa shape index (κ3) is 4.42. The Kier molecular flexibility index (Phi) is 5.70. The molecule has 3 heterocycles. The number of para-hydroxylation sites is 1. The Bertz CT molecular complexity index is 1010. The molecule has 162 valence electrons. The fourth-order valence-corrected chi connectivity index (χ4v) is 3.65. The average molecular weight is 424 g/mol. The molecule has 31 heavy (non-hydrogen) atoms. The molecule has 0 radical (unpaired) electrons. The summed E-state index contributed by atoms with van der Waals surface area (Å²) in [5, 5.41) is 7.87. The van der Waals surface area contributed by atoms with E-state index in [-0.39, 0.29) is 29.5 Å². The molecule has 1 aromatic heterocycles. The molecular formula is C21H24N6O4. The van der Waals surface area contributed by atoms with Crippen molar-refractivity contribution in [1.29, 1.82) is 0 Å². The van der Waals surface area contributed by atoms with Crippen molar-refractivity contribution in [3.63, 3.8) is 0 Å². The topological polar surface area (TPSA) is 120 Å². The Hall–Kier alpha value is -3.69. The predicted molar refractivity (Wildman–Crippen MR) is 113 cm³/mol. The summed E-state index contributed by atoms with van der Waals surface area (Å²) in [6.45, 7) is 4.25. The number of rotatable bonds is 4. The number of nitrogens with zero attached hydrogens (tertiary/aromatic N) is 4. The highest BCUT2D eigenvalue weighted by Crippen LogP contribution is 2.21. The first-order valence-corrected chi connectivity index (χ1v) is 10.2. The smallest absolute Gasteiger partial charge is 0.290 e. The second-order valence-electron chi connectivity index (χ2n) is 7.65. The van der Waals surface area contributed by atoms with E-state index in [0.29, 0.717) is 43.2 Å². The van der Waals surface area contributed by atoms with Crippen LogP contribution in [0.15, 0.2) is 45.9 Å². The van der Waals surface area contributed by atoms with Gasteiger partial charge in [-0.15, -0.1) is 0 Å². The highest BCUT2D eigenvalue weighted by Gasteiger charge is 2.34. The Morgan fingerprint density at radius 3 is 2.55 bits per heavy atom. The number of amides is 3. The number of benzene rings is 1. The van der Waals surface area contributed by atoms with E-state index in [1.54, 1.807) is 36.9 Å². The van der Waals surface area contributed by atoms with Crippen LogP contribution in [-0.4, -0.2) is 52.7 Å². The van der Waals surface area contributed by atoms with Gasteiger partial charge in [0.2, 0.25) is 11.7 Å². The van der Waals surface area contributed by atoms with Gasteiger partial charge < -0.3 is 14.7 Å². The lowest BCUT2D eigenvalue weighted by atomic mass is 9.96. The molecule has 1 atom stereocenters. The lowest BCUT2D eigenvalue weighted by molar-refractivity contribution is -0.129. The van der Waals surface area contributed by atoms with E-state index in [1.807, 2.05) is 18.2 Å². The minimum absolute atomic E-state index is 0.122. The second-order valence-corrected chi connectivity index (χ2v) is 7.65. The van der Waals surface area contributed by atoms with E-state index in [2.05, 4.69) is 20.9 Å². The Balaban J connectivity index is 1.37. The van der Waals surface area contributed by atoms with Gasteiger partial charge in [0.1, 0.15) is 11.8 Å². The van der Waals surface area contributed by atoms with Crippen molar-refractivity contribution in [2.24, 2.45) is 10.9 Å². The fourth-order valence-electron chi connectivity index (χ4n) is 3.65. The zero-order valence-electron chi connectivity index (χ0n) is 17.4. The van der Waals surface area contributed by atoms with Gasteiger partial charge in [0.05, 0.1) is 5.69 Å². The van der Waals surface area contributed by atoms with Crippen LogP contribution in [0.5, 0.6) is 0 Å². The fraction of sp³-hybridized carbons (Fsp3) is 0.381. The first kappa shape index (κ1) is 20.6. The van der Waals surface area contributed by atoms with Crippen molar-refractivity contribution in [1.82, 2.24) is 15.5 Å². The summed E-state index contributed by atoms with van der Waals surface area (Å²) in [7, 11) is 0. The summed E-state index contributed by atoms with van der Waals surface area (Å²) in [6, 6.07) is 10.0. The maximum absolute atomic E-state index is 13.0. The summed E-state index contributed by atoms with van der Waals surface area (Å²) in [6.07, 6.45) is 1.05. The molecule has 10 heteroatoms. The summed E-state index contributed by atoms with van der Waals surface area (Å²) >= 11 is 0. The molecule has 1 aromatic carbocycles. The molecule has 4 rings (SSSR count). The van der Waals surface area contributed by atoms with Crippen LogP contribution in [0.4, 0.5) is 11.5 Å². The van der Waals surface area contributed by atoms with Gasteiger partial charge in [-0.3, -0.25) is 19.8 Å². The van der Waals surface area contributed by atoms with E-state index < -0.39 is 6.04 Å². The number of hydrogen-bond donors (Lipinski definition) is 2. The van der Waals surface area contributed by atoms with Crippen molar-refractivity contribution in [2.75, 3.05) is 23.4 Å². The number of anilines is 2. The largest absolute Gasteiger partial charge is 0.360 e. The average Bonchev–Trinajstić information content (AvgIpc) is 3.20. The number of piperidine rings is 1. The molecule has 1 fully saturated rings. The van der Waals surface area contributed by atoms with E-state index >= 15 is 0 Å². The van der Waals surface area contributed by atoms with Crippen LogP contribution < -0.4 is 15.8 Å². The maximum atomic E-state index is 13.0. The summed E-state index contributed by atoms with van der Waals surface area (Å²) in [5.41, 5.74) is 3.50. The quantitative estimate of drug-likeness (QED) is 0.767. The van der Waals surface area contributed by atoms with E-state index in [0.717, 1.165) is 0 Å². The molecule has 10 nitrogen and oxygen atoms in total. The van der Waals surface area contributed by atoms with Gasteiger partial charge in [-0.25, -0.2) is 10.0 Å². The molecule has 0 saturated carbocycles. The third-order valence-corrected chi connectivity index (χ3v) is 5.37. The highest BCUT2D eigenvalue weighted by atomic mass is 16.5. The second kappa shape index (κ2) is 8.58. The number of nitrogens with one attached hydrogen (secondary N) is 2. The molecule has 0 bridgehead atoms. The molecule has 1 saturated heterocycles. The zero-order valence-corrected chi connectivity index (χ0v) is 17.4. The van der Waals surface area contributed by atoms with Crippen LogP contribution in [-0.2, 0) is 14.4 Å². The molecule has 0 spiro atoms. The third-order valence-electron chi connectivity index (χ3n) is 5.37. The number of likely N-dealkylation sites (tertiary alicyclic amines) is 1. The summed E-state index contributed by atoms with van der Waals surface area (Å²) in [5.74, 6) is 0.256. The van der Waals surface area contributed by atoms with Crippen LogP contribution in [0.2, 0.25) is 0 Å². The number of hydrazine groups is 1. The highest BCUT2D eigenvalue weighted by molar-refractivity contribution is 6.39. The van der Waals surface area contributed by atoms with Crippen LogP contribution in [0.25, 0.3) is 0 Å². The van der Waals surface area contributed by atoms with Gasteiger partial charge in [0.25, 0.3) is 11.8 Å². The van der Waals surface area contributed by atoms with Gasteiger partial charge in [-0.1, -0.05) is 23.4 Å². The van der Waals surface area contributed by atoms with Crippen molar-refractivity contribution in [3.8, 4) is 0 Å². The van der Waals surface area contributed by atoms with Gasteiger partial charge in [0, 0.05) is 25.1 Å². The maximum Gasteiger partial charge on any atom is 0.290 e. The minimum atomic E-state index is -0.672. The molecule has 1 unspecified atom stereocenters. The SMILES string of the molecule is Cc1cc(NC(=O)C2CCN(C(=O)C3=NC(C)C(=O)N(c4ccccc4)N3)CC2)no1. The monoisotopic (exact) mass is 424 g/mol. The van der Waals surface area contributed by atoms with E-state index in [9.17, 15) is 14.4 Å². The van der Waals surface area contributed by atoms with Gasteiger partial charge in [0.15, 0.2) is 5.82 Å². The van der Waals surface area contributed by atoms with Crippen molar-refractivity contribution in [2.45, 2.75) is 32.7 Å². The molecule has 2 aliphatic heterocycles. The minimum Gasteiger partial charge on any atom is -0.360 e. The normalized spacial score (nSPS) is 19.6. The predicted octanol–water partition coefficient (Wildman–Crippen LogP) is 1.50. The number of aryl methyl sites for hydroxylation is 1. The lowest BCUT2D eigenvalue weighted by Gasteiger charge is -2.35. The molecule has 0 aliphatic carbocycles. The summed E-state index contributed by atoms with van der Waals surface area (Å²) < 4.78 is 4.96. The lowest BCUT2D eigenvalue weighted by Crippen LogP contribution is -2.59. The Labute approximate surface area is 179 Å². The first-order valence-electron chi connectivity index (χ1n) is 10.2. The first-order chi connectivity index (χ1) is 14.9. The zero-order chi connectivity index (χ0) is 22.0. The van der Waals surface area contributed by atoms with Crippen LogP contribution in [0.3, 0.4) is 0 Å². The standard InChI is InChI=1S/C21H24N6O4/c1-13-12-17(25-31-13)23-19(28)15-8-10-26(11-9-15)21(30)18-22-14(2)20(29)27(24-18)16-6-4-3-5-7-16/h3-7,12,14-15H,8-11H2,1-2H3,(H,22,24)(H,23,25,28). The van der Waals surface area contributed by atoms with Gasteiger partial charge in [-0.05, 0) is 38.8 Å². The van der Waals surface area contributed by atoms with E-state index in [1.165, 1.54) is 5.01 Å². The number of carbonyl (C=O) groups is 3.